The van der Waals surface area contributed by atoms with Crippen LogP contribution in [0.5, 0.6) is 5.75 Å². The fourth-order valence-electron chi connectivity index (χ4n) is 1.81. The van der Waals surface area contributed by atoms with Gasteiger partial charge in [0.1, 0.15) is 12.4 Å². The molecule has 0 spiro atoms. The van der Waals surface area contributed by atoms with Crippen LogP contribution in [0.1, 0.15) is 5.56 Å². The van der Waals surface area contributed by atoms with Gasteiger partial charge in [0.05, 0.1) is 5.02 Å². The first-order chi connectivity index (χ1) is 9.69. The number of ether oxygens (including phenoxy) is 1. The number of hydrogen-bond acceptors (Lipinski definition) is 3. The zero-order valence-corrected chi connectivity index (χ0v) is 12.7. The summed E-state index contributed by atoms with van der Waals surface area (Å²) in [6.07, 6.45) is 4.18. The molecule has 2 aromatic rings. The third-order valence-electron chi connectivity index (χ3n) is 3.00. The van der Waals surface area contributed by atoms with E-state index < -0.39 is 0 Å². The fraction of sp³-hybridized carbons (Fsp3) is 0.267. The second kappa shape index (κ2) is 7.48. The Morgan fingerprint density at radius 3 is 2.60 bits per heavy atom. The zero-order chi connectivity index (χ0) is 14.4. The summed E-state index contributed by atoms with van der Waals surface area (Å²) in [5.41, 5.74) is 1.06. The van der Waals surface area contributed by atoms with Crippen molar-refractivity contribution in [1.82, 2.24) is 10.3 Å². The lowest BCUT2D eigenvalue weighted by Gasteiger charge is -2.17. The number of hydrogen-bond donors (Lipinski definition) is 1. The van der Waals surface area contributed by atoms with Gasteiger partial charge >= 0.3 is 0 Å². The predicted octanol–water partition coefficient (Wildman–Crippen LogP) is 3.60. The fourth-order valence-corrected chi connectivity index (χ4v) is 2.13. The Labute approximate surface area is 128 Å². The van der Waals surface area contributed by atoms with E-state index >= 15 is 0 Å². The second-order valence-corrected chi connectivity index (χ2v) is 5.27. The first-order valence-corrected chi connectivity index (χ1v) is 7.08. The van der Waals surface area contributed by atoms with Crippen molar-refractivity contribution in [3.05, 3.63) is 58.3 Å². The highest BCUT2D eigenvalue weighted by Gasteiger charge is 2.10. The maximum Gasteiger partial charge on any atom is 0.119 e. The molecule has 0 amide bonds. The van der Waals surface area contributed by atoms with Crippen molar-refractivity contribution in [3.63, 3.8) is 0 Å². The molecule has 1 aromatic heterocycles. The van der Waals surface area contributed by atoms with Gasteiger partial charge in [-0.25, -0.2) is 0 Å². The van der Waals surface area contributed by atoms with Crippen LogP contribution in [0.2, 0.25) is 10.0 Å². The Bertz CT molecular complexity index is 546. The second-order valence-electron chi connectivity index (χ2n) is 4.42. The lowest BCUT2D eigenvalue weighted by atomic mass is 10.1. The van der Waals surface area contributed by atoms with Crippen LogP contribution in [0, 0.1) is 0 Å². The molecule has 0 fully saturated rings. The predicted molar refractivity (Wildman–Crippen MR) is 82.7 cm³/mol. The van der Waals surface area contributed by atoms with Crippen molar-refractivity contribution < 1.29 is 4.74 Å². The van der Waals surface area contributed by atoms with E-state index in [-0.39, 0.29) is 6.04 Å². The molecule has 1 aromatic carbocycles. The molecule has 20 heavy (non-hydrogen) atoms. The minimum absolute atomic E-state index is 0.172. The Hall–Kier alpha value is -1.29. The van der Waals surface area contributed by atoms with Crippen molar-refractivity contribution >= 4 is 23.2 Å². The normalized spacial score (nSPS) is 12.2. The highest BCUT2D eigenvalue weighted by atomic mass is 35.5. The van der Waals surface area contributed by atoms with Gasteiger partial charge in [-0.2, -0.15) is 0 Å². The average Bonchev–Trinajstić information content (AvgIpc) is 2.47. The van der Waals surface area contributed by atoms with E-state index in [4.69, 9.17) is 27.9 Å². The number of benzene rings is 1. The molecule has 0 bridgehead atoms. The van der Waals surface area contributed by atoms with Gasteiger partial charge in [-0.05, 0) is 49.4 Å². The van der Waals surface area contributed by atoms with Crippen molar-refractivity contribution in [1.29, 1.82) is 0 Å². The monoisotopic (exact) mass is 310 g/mol. The molecular weight excluding hydrogens is 295 g/mol. The minimum atomic E-state index is 0.172. The SMILES string of the molecule is CNC(COc1ccc(Cl)cc1)Cc1ccncc1Cl. The van der Waals surface area contributed by atoms with Gasteiger partial charge in [-0.1, -0.05) is 23.2 Å². The Morgan fingerprint density at radius 1 is 1.20 bits per heavy atom. The first kappa shape index (κ1) is 15.1. The van der Waals surface area contributed by atoms with Crippen LogP contribution in [0.3, 0.4) is 0 Å². The molecule has 1 heterocycles. The van der Waals surface area contributed by atoms with E-state index in [1.54, 1.807) is 12.4 Å². The molecule has 0 aliphatic carbocycles. The highest BCUT2D eigenvalue weighted by Crippen LogP contribution is 2.18. The maximum absolute atomic E-state index is 6.11. The summed E-state index contributed by atoms with van der Waals surface area (Å²) in [5, 5.41) is 4.61. The number of nitrogens with zero attached hydrogens (tertiary/aromatic N) is 1. The molecular formula is C15H16Cl2N2O. The van der Waals surface area contributed by atoms with Crippen LogP contribution in [0.25, 0.3) is 0 Å². The van der Waals surface area contributed by atoms with Crippen LogP contribution >= 0.6 is 23.2 Å². The van der Waals surface area contributed by atoms with Crippen LogP contribution in [-0.2, 0) is 6.42 Å². The van der Waals surface area contributed by atoms with Gasteiger partial charge < -0.3 is 10.1 Å². The lowest BCUT2D eigenvalue weighted by molar-refractivity contribution is 0.270. The largest absolute Gasteiger partial charge is 0.492 e. The summed E-state index contributed by atoms with van der Waals surface area (Å²) < 4.78 is 5.75. The highest BCUT2D eigenvalue weighted by molar-refractivity contribution is 6.31. The molecule has 1 atom stereocenters. The topological polar surface area (TPSA) is 34.1 Å². The first-order valence-electron chi connectivity index (χ1n) is 6.33. The van der Waals surface area contributed by atoms with Gasteiger partial charge in [-0.3, -0.25) is 4.98 Å². The number of rotatable bonds is 6. The van der Waals surface area contributed by atoms with Gasteiger partial charge in [0, 0.05) is 23.5 Å². The maximum atomic E-state index is 6.11. The summed E-state index contributed by atoms with van der Waals surface area (Å²) in [6.45, 7) is 0.552. The molecule has 0 saturated carbocycles. The Balaban J connectivity index is 1.92. The standard InChI is InChI=1S/C15H16Cl2N2O/c1-18-13(8-11-6-7-19-9-15(11)17)10-20-14-4-2-12(16)3-5-14/h2-7,9,13,18H,8,10H2,1H3. The van der Waals surface area contributed by atoms with Crippen molar-refractivity contribution in [2.24, 2.45) is 0 Å². The van der Waals surface area contributed by atoms with E-state index in [1.165, 1.54) is 0 Å². The number of nitrogens with one attached hydrogen (secondary N) is 1. The van der Waals surface area contributed by atoms with Gasteiger partial charge in [0.15, 0.2) is 0 Å². The van der Waals surface area contributed by atoms with E-state index in [2.05, 4.69) is 10.3 Å². The third-order valence-corrected chi connectivity index (χ3v) is 3.59. The van der Waals surface area contributed by atoms with Crippen LogP contribution in [0.15, 0.2) is 42.7 Å². The zero-order valence-electron chi connectivity index (χ0n) is 11.1. The number of pyridine rings is 1. The third kappa shape index (κ3) is 4.37. The molecule has 1 N–H and O–H groups in total. The van der Waals surface area contributed by atoms with Gasteiger partial charge in [0.25, 0.3) is 0 Å². The average molecular weight is 311 g/mol. The summed E-state index contributed by atoms with van der Waals surface area (Å²) in [7, 11) is 1.91. The van der Waals surface area contributed by atoms with Crippen LogP contribution in [0.4, 0.5) is 0 Å². The number of halogens is 2. The lowest BCUT2D eigenvalue weighted by Crippen LogP contribution is -2.33. The number of likely N-dealkylation sites (N-methyl/N-ethyl adjacent to an activating group) is 1. The Kier molecular flexibility index (Phi) is 5.65. The summed E-state index contributed by atoms with van der Waals surface area (Å²) in [5.74, 6) is 0.801. The molecule has 1 unspecified atom stereocenters. The molecule has 106 valence electrons. The number of aromatic nitrogens is 1. The van der Waals surface area contributed by atoms with Gasteiger partial charge in [0.2, 0.25) is 0 Å². The molecule has 0 radical (unpaired) electrons. The van der Waals surface area contributed by atoms with Gasteiger partial charge in [-0.15, -0.1) is 0 Å². The summed E-state index contributed by atoms with van der Waals surface area (Å²) in [4.78, 5) is 3.98. The molecule has 0 aliphatic heterocycles. The van der Waals surface area contributed by atoms with E-state index in [1.807, 2.05) is 37.4 Å². The molecule has 5 heteroatoms. The smallest absolute Gasteiger partial charge is 0.119 e. The van der Waals surface area contributed by atoms with Crippen LogP contribution < -0.4 is 10.1 Å². The van der Waals surface area contributed by atoms with Crippen molar-refractivity contribution in [2.45, 2.75) is 12.5 Å². The summed E-state index contributed by atoms with van der Waals surface area (Å²) in [6, 6.07) is 9.43. The quantitative estimate of drug-likeness (QED) is 0.885. The molecule has 3 nitrogen and oxygen atoms in total. The molecule has 2 rings (SSSR count). The summed E-state index contributed by atoms with van der Waals surface area (Å²) >= 11 is 12.0. The molecule has 0 aliphatic rings. The minimum Gasteiger partial charge on any atom is -0.492 e. The van der Waals surface area contributed by atoms with Crippen LogP contribution in [-0.4, -0.2) is 24.7 Å². The van der Waals surface area contributed by atoms with Crippen molar-refractivity contribution in [2.75, 3.05) is 13.7 Å². The Morgan fingerprint density at radius 2 is 1.95 bits per heavy atom. The molecule has 0 saturated heterocycles. The van der Waals surface area contributed by atoms with E-state index in [9.17, 15) is 0 Å². The van der Waals surface area contributed by atoms with E-state index in [0.717, 1.165) is 17.7 Å². The van der Waals surface area contributed by atoms with Crippen molar-refractivity contribution in [3.8, 4) is 5.75 Å². The van der Waals surface area contributed by atoms with E-state index in [0.29, 0.717) is 16.7 Å².